The summed E-state index contributed by atoms with van der Waals surface area (Å²) in [6, 6.07) is 18.1. The summed E-state index contributed by atoms with van der Waals surface area (Å²) in [5, 5.41) is 1.48. The van der Waals surface area contributed by atoms with Crippen LogP contribution in [-0.4, -0.2) is 17.9 Å². The van der Waals surface area contributed by atoms with E-state index in [2.05, 4.69) is 20.9 Å². The number of H-pyrrole nitrogens is 1. The topological polar surface area (TPSA) is 59.2 Å². The largest absolute Gasteiger partial charge is 0.495 e. The van der Waals surface area contributed by atoms with Crippen molar-refractivity contribution in [1.82, 2.24) is 4.98 Å². The third kappa shape index (κ3) is 4.37. The Kier molecular flexibility index (Phi) is 6.51. The zero-order valence-electron chi connectivity index (χ0n) is 16.8. The lowest BCUT2D eigenvalue weighted by Gasteiger charge is -2.12. The molecule has 7 heteroatoms. The molecule has 0 radical (unpaired) electrons. The fraction of sp³-hybridized carbons (Fsp3) is 0.0400. The molecule has 4 aromatic rings. The molecular weight excluding hydrogens is 513 g/mol. The number of benzene rings is 3. The van der Waals surface area contributed by atoms with Crippen molar-refractivity contribution in [2.24, 2.45) is 0 Å². The Labute approximate surface area is 202 Å². The second kappa shape index (κ2) is 9.33. The molecule has 4 nitrogen and oxygen atoms in total. The van der Waals surface area contributed by atoms with Crippen LogP contribution in [0.5, 0.6) is 5.75 Å². The van der Waals surface area contributed by atoms with Gasteiger partial charge in [0.05, 0.1) is 17.7 Å². The molecule has 0 saturated carbocycles. The third-order valence-corrected chi connectivity index (χ3v) is 5.93. The summed E-state index contributed by atoms with van der Waals surface area (Å²) in [7, 11) is 1.48. The Bertz CT molecular complexity index is 1430. The highest BCUT2D eigenvalue weighted by molar-refractivity contribution is 9.10. The van der Waals surface area contributed by atoms with E-state index in [1.807, 2.05) is 42.5 Å². The van der Waals surface area contributed by atoms with E-state index in [-0.39, 0.29) is 5.56 Å². The summed E-state index contributed by atoms with van der Waals surface area (Å²) in [5.74, 6) is -0.0649. The van der Waals surface area contributed by atoms with E-state index in [4.69, 9.17) is 27.9 Å². The molecule has 3 aromatic carbocycles. The van der Waals surface area contributed by atoms with Gasteiger partial charge in [-0.05, 0) is 48.0 Å². The van der Waals surface area contributed by atoms with Gasteiger partial charge in [0.15, 0.2) is 5.78 Å². The van der Waals surface area contributed by atoms with Gasteiger partial charge in [0, 0.05) is 31.5 Å². The summed E-state index contributed by atoms with van der Waals surface area (Å²) in [4.78, 5) is 29.1. The van der Waals surface area contributed by atoms with Crippen LogP contribution in [-0.2, 0) is 0 Å². The van der Waals surface area contributed by atoms with Crippen LogP contribution >= 0.6 is 39.1 Å². The van der Waals surface area contributed by atoms with Gasteiger partial charge in [-0.2, -0.15) is 0 Å². The first kappa shape index (κ1) is 22.3. The Morgan fingerprint density at radius 3 is 2.53 bits per heavy atom. The van der Waals surface area contributed by atoms with Gasteiger partial charge in [0.2, 0.25) is 0 Å². The number of ketones is 1. The number of ether oxygens (including phenoxy) is 1. The number of hydrogen-bond donors (Lipinski definition) is 1. The van der Waals surface area contributed by atoms with Gasteiger partial charge in [-0.1, -0.05) is 69.5 Å². The number of nitrogens with one attached hydrogen (secondary N) is 1. The molecule has 0 amide bonds. The van der Waals surface area contributed by atoms with Crippen molar-refractivity contribution in [3.63, 3.8) is 0 Å². The van der Waals surface area contributed by atoms with E-state index >= 15 is 0 Å². The van der Waals surface area contributed by atoms with Crippen LogP contribution in [0.15, 0.2) is 76.0 Å². The van der Waals surface area contributed by atoms with Gasteiger partial charge in [0.25, 0.3) is 5.56 Å². The molecule has 1 N–H and O–H groups in total. The van der Waals surface area contributed by atoms with Crippen molar-refractivity contribution in [2.75, 3.05) is 7.11 Å². The van der Waals surface area contributed by atoms with Crippen LogP contribution in [0.1, 0.15) is 15.9 Å². The summed E-state index contributed by atoms with van der Waals surface area (Å²) < 4.78 is 6.17. The zero-order chi connectivity index (χ0) is 22.8. The van der Waals surface area contributed by atoms with Crippen LogP contribution in [0, 0.1) is 0 Å². The number of aromatic nitrogens is 1. The lowest BCUT2D eigenvalue weighted by Crippen LogP contribution is -2.18. The molecular formula is C25H16BrCl2NO3. The van der Waals surface area contributed by atoms with Crippen molar-refractivity contribution in [1.29, 1.82) is 0 Å². The highest BCUT2D eigenvalue weighted by Gasteiger charge is 2.19. The van der Waals surface area contributed by atoms with Crippen LogP contribution in [0.4, 0.5) is 0 Å². The molecule has 0 aliphatic heterocycles. The predicted molar refractivity (Wildman–Crippen MR) is 134 cm³/mol. The number of pyridine rings is 1. The minimum absolute atomic E-state index is 0.0464. The standard InChI is InChI=1S/C25H16BrCl2NO3/c1-32-24-15(11-17(27)13-19(24)28)7-10-21(30)23-22(14-5-3-2-4-6-14)18-12-16(26)8-9-20(18)29-25(23)31/h2-13H,1H3,(H,29,31). The number of carbonyl (C=O) groups is 1. The Morgan fingerprint density at radius 2 is 1.81 bits per heavy atom. The van der Waals surface area contributed by atoms with Crippen LogP contribution in [0.3, 0.4) is 0 Å². The van der Waals surface area contributed by atoms with E-state index in [1.54, 1.807) is 18.2 Å². The molecule has 1 aromatic heterocycles. The van der Waals surface area contributed by atoms with Gasteiger partial charge < -0.3 is 9.72 Å². The van der Waals surface area contributed by atoms with Gasteiger partial charge >= 0.3 is 0 Å². The number of carbonyl (C=O) groups excluding carboxylic acids is 1. The fourth-order valence-electron chi connectivity index (χ4n) is 3.57. The Hall–Kier alpha value is -2.86. The summed E-state index contributed by atoms with van der Waals surface area (Å²) in [6.45, 7) is 0. The highest BCUT2D eigenvalue weighted by atomic mass is 79.9. The molecule has 0 aliphatic rings. The number of hydrogen-bond acceptors (Lipinski definition) is 3. The van der Waals surface area contributed by atoms with Crippen molar-refractivity contribution < 1.29 is 9.53 Å². The van der Waals surface area contributed by atoms with E-state index < -0.39 is 11.3 Å². The summed E-state index contributed by atoms with van der Waals surface area (Å²) in [5.41, 5.74) is 2.08. The molecule has 4 rings (SSSR count). The number of allylic oxidation sites excluding steroid dienone is 1. The lowest BCUT2D eigenvalue weighted by molar-refractivity contribution is 0.104. The average Bonchev–Trinajstić information content (AvgIpc) is 2.77. The van der Waals surface area contributed by atoms with Crippen molar-refractivity contribution in [2.45, 2.75) is 0 Å². The number of rotatable bonds is 5. The van der Waals surface area contributed by atoms with E-state index in [1.165, 1.54) is 19.3 Å². The number of fused-ring (bicyclic) bond motifs is 1. The lowest BCUT2D eigenvalue weighted by atomic mass is 9.94. The van der Waals surface area contributed by atoms with Gasteiger partial charge in [-0.15, -0.1) is 0 Å². The van der Waals surface area contributed by atoms with E-state index in [0.29, 0.717) is 32.4 Å². The molecule has 32 heavy (non-hydrogen) atoms. The third-order valence-electron chi connectivity index (χ3n) is 4.94. The minimum Gasteiger partial charge on any atom is -0.495 e. The van der Waals surface area contributed by atoms with Crippen molar-refractivity contribution >= 4 is 61.9 Å². The summed E-state index contributed by atoms with van der Waals surface area (Å²) >= 11 is 15.8. The average molecular weight is 529 g/mol. The second-order valence-electron chi connectivity index (χ2n) is 6.97. The van der Waals surface area contributed by atoms with Crippen LogP contribution in [0.2, 0.25) is 10.0 Å². The fourth-order valence-corrected chi connectivity index (χ4v) is 4.52. The predicted octanol–water partition coefficient (Wildman–Crippen LogP) is 7.17. The molecule has 0 atom stereocenters. The first-order valence-corrected chi connectivity index (χ1v) is 11.1. The smallest absolute Gasteiger partial charge is 0.260 e. The van der Waals surface area contributed by atoms with Crippen molar-refractivity contribution in [3.05, 3.63) is 103 Å². The monoisotopic (exact) mass is 527 g/mol. The number of methoxy groups -OCH3 is 1. The van der Waals surface area contributed by atoms with Crippen LogP contribution in [0.25, 0.3) is 28.1 Å². The second-order valence-corrected chi connectivity index (χ2v) is 8.73. The molecule has 0 saturated heterocycles. The first-order valence-electron chi connectivity index (χ1n) is 9.55. The molecule has 0 bridgehead atoms. The Balaban J connectivity index is 1.92. The van der Waals surface area contributed by atoms with Gasteiger partial charge in [0.1, 0.15) is 5.75 Å². The maximum Gasteiger partial charge on any atom is 0.260 e. The van der Waals surface area contributed by atoms with Gasteiger partial charge in [-0.3, -0.25) is 9.59 Å². The highest BCUT2D eigenvalue weighted by Crippen LogP contribution is 2.34. The van der Waals surface area contributed by atoms with Gasteiger partial charge in [-0.25, -0.2) is 0 Å². The molecule has 0 aliphatic carbocycles. The van der Waals surface area contributed by atoms with Crippen LogP contribution < -0.4 is 10.3 Å². The maximum atomic E-state index is 13.3. The minimum atomic E-state index is -0.468. The van der Waals surface area contributed by atoms with E-state index in [9.17, 15) is 9.59 Å². The SMILES string of the molecule is COc1c(Cl)cc(Cl)cc1C=CC(=O)c1c(-c2ccccc2)c2cc(Br)ccc2[nH]c1=O. The number of halogens is 3. The van der Waals surface area contributed by atoms with Crippen molar-refractivity contribution in [3.8, 4) is 16.9 Å². The quantitative estimate of drug-likeness (QED) is 0.220. The summed E-state index contributed by atoms with van der Waals surface area (Å²) in [6.07, 6.45) is 2.86. The molecule has 0 spiro atoms. The van der Waals surface area contributed by atoms with E-state index in [0.717, 1.165) is 15.4 Å². The first-order chi connectivity index (χ1) is 15.4. The molecule has 160 valence electrons. The number of aromatic amines is 1. The molecule has 0 fully saturated rings. The zero-order valence-corrected chi connectivity index (χ0v) is 19.9. The Morgan fingerprint density at radius 1 is 1.06 bits per heavy atom. The molecule has 0 unspecified atom stereocenters. The normalized spacial score (nSPS) is 11.2. The molecule has 1 heterocycles. The maximum absolute atomic E-state index is 13.3.